The van der Waals surface area contributed by atoms with Crippen LogP contribution in [0.5, 0.6) is 0 Å². The number of halogens is 1. The second-order valence-electron chi connectivity index (χ2n) is 7.06. The van der Waals surface area contributed by atoms with E-state index in [0.29, 0.717) is 11.4 Å². The zero-order valence-corrected chi connectivity index (χ0v) is 17.8. The lowest BCUT2D eigenvalue weighted by molar-refractivity contribution is -0.125. The van der Waals surface area contributed by atoms with Gasteiger partial charge in [-0.05, 0) is 54.1 Å². The van der Waals surface area contributed by atoms with Gasteiger partial charge in [-0.2, -0.15) is 0 Å². The molecule has 10 heteroatoms. The first-order valence-electron chi connectivity index (χ1n) is 9.66. The molecule has 31 heavy (non-hydrogen) atoms. The number of hydrogen-bond acceptors (Lipinski definition) is 7. The Morgan fingerprint density at radius 1 is 1.29 bits per heavy atom. The van der Waals surface area contributed by atoms with Crippen LogP contribution in [0.3, 0.4) is 0 Å². The number of hydrogen-bond donors (Lipinski definition) is 1. The lowest BCUT2D eigenvalue weighted by Crippen LogP contribution is -2.36. The van der Waals surface area contributed by atoms with E-state index in [1.165, 1.54) is 28.2 Å². The highest BCUT2D eigenvalue weighted by atomic mass is 32.1. The number of amides is 1. The summed E-state index contributed by atoms with van der Waals surface area (Å²) in [5, 5.41) is 17.2. The summed E-state index contributed by atoms with van der Waals surface area (Å²) in [6.45, 7) is 3.59. The first-order valence-corrected chi connectivity index (χ1v) is 10.5. The number of pyridine rings is 1. The van der Waals surface area contributed by atoms with Crippen LogP contribution in [0.2, 0.25) is 0 Å². The largest absolute Gasteiger partial charge is 0.345 e. The van der Waals surface area contributed by atoms with Crippen LogP contribution in [-0.4, -0.2) is 36.1 Å². The molecule has 0 aliphatic carbocycles. The fourth-order valence-corrected chi connectivity index (χ4v) is 4.04. The van der Waals surface area contributed by atoms with Crippen LogP contribution < -0.4 is 5.32 Å². The Hall–Kier alpha value is -3.53. The van der Waals surface area contributed by atoms with Crippen molar-refractivity contribution in [2.45, 2.75) is 32.4 Å². The zero-order chi connectivity index (χ0) is 21.8. The third-order valence-corrected chi connectivity index (χ3v) is 5.81. The van der Waals surface area contributed by atoms with Crippen LogP contribution in [0, 0.1) is 12.7 Å². The topological polar surface area (TPSA) is 98.5 Å². The number of thiazole rings is 1. The van der Waals surface area contributed by atoms with Crippen molar-refractivity contribution >= 4 is 17.2 Å². The summed E-state index contributed by atoms with van der Waals surface area (Å²) in [5.41, 5.74) is 2.40. The van der Waals surface area contributed by atoms with E-state index < -0.39 is 6.04 Å². The van der Waals surface area contributed by atoms with Crippen LogP contribution in [0.15, 0.2) is 54.2 Å². The van der Waals surface area contributed by atoms with Crippen LogP contribution >= 0.6 is 11.3 Å². The van der Waals surface area contributed by atoms with E-state index in [0.717, 1.165) is 16.3 Å². The minimum absolute atomic E-state index is 0.251. The van der Waals surface area contributed by atoms with E-state index >= 15 is 0 Å². The molecule has 8 nitrogen and oxygen atoms in total. The molecule has 158 valence electrons. The Bertz CT molecular complexity index is 1180. The van der Waals surface area contributed by atoms with Crippen molar-refractivity contribution in [2.75, 3.05) is 0 Å². The van der Waals surface area contributed by atoms with Gasteiger partial charge in [0.25, 0.3) is 0 Å². The standard InChI is InChI=1S/C21H20FN7OS/c1-13(21-25-18(12-31-21)16-6-4-8-23-11-16)24-20(30)19(29-14(2)26-27-28-29)10-15-5-3-7-17(22)9-15/h3-9,11-13,19H,10H2,1-2H3,(H,24,30). The second-order valence-corrected chi connectivity index (χ2v) is 7.95. The maximum Gasteiger partial charge on any atom is 0.245 e. The van der Waals surface area contributed by atoms with Gasteiger partial charge in [0.05, 0.1) is 11.7 Å². The number of carbonyl (C=O) groups excluding carboxylic acids is 1. The second kappa shape index (κ2) is 9.09. The quantitative estimate of drug-likeness (QED) is 0.476. The molecule has 0 saturated heterocycles. The molecule has 4 rings (SSSR count). The van der Waals surface area contributed by atoms with E-state index in [2.05, 4.69) is 30.8 Å². The molecule has 3 heterocycles. The normalized spacial score (nSPS) is 13.0. The molecule has 1 amide bonds. The molecule has 2 unspecified atom stereocenters. The first kappa shape index (κ1) is 20.7. The highest BCUT2D eigenvalue weighted by Crippen LogP contribution is 2.25. The molecular formula is C21H20FN7OS. The van der Waals surface area contributed by atoms with Gasteiger partial charge in [-0.25, -0.2) is 14.1 Å². The SMILES string of the molecule is Cc1nnnn1C(Cc1cccc(F)c1)C(=O)NC(C)c1nc(-c2cccnc2)cs1. The molecule has 1 aromatic carbocycles. The van der Waals surface area contributed by atoms with Gasteiger partial charge in [-0.15, -0.1) is 16.4 Å². The van der Waals surface area contributed by atoms with Gasteiger partial charge in [0.15, 0.2) is 0 Å². The molecule has 3 aromatic heterocycles. The maximum atomic E-state index is 13.7. The monoisotopic (exact) mass is 437 g/mol. The maximum absolute atomic E-state index is 13.7. The Kier molecular flexibility index (Phi) is 6.08. The molecule has 0 aliphatic heterocycles. The summed E-state index contributed by atoms with van der Waals surface area (Å²) >= 11 is 1.46. The van der Waals surface area contributed by atoms with Crippen LogP contribution in [-0.2, 0) is 11.2 Å². The Morgan fingerprint density at radius 2 is 2.16 bits per heavy atom. The van der Waals surface area contributed by atoms with E-state index in [1.54, 1.807) is 31.5 Å². The summed E-state index contributed by atoms with van der Waals surface area (Å²) < 4.78 is 15.1. The zero-order valence-electron chi connectivity index (χ0n) is 16.9. The molecule has 0 saturated carbocycles. The molecule has 0 radical (unpaired) electrons. The number of nitrogens with one attached hydrogen (secondary N) is 1. The summed E-state index contributed by atoms with van der Waals surface area (Å²) in [6, 6.07) is 8.90. The minimum atomic E-state index is -0.725. The van der Waals surface area contributed by atoms with Crippen molar-refractivity contribution in [1.82, 2.24) is 35.5 Å². The van der Waals surface area contributed by atoms with Gasteiger partial charge in [0.1, 0.15) is 22.7 Å². The number of benzene rings is 1. The summed E-state index contributed by atoms with van der Waals surface area (Å²) in [5.74, 6) is -0.133. The van der Waals surface area contributed by atoms with Crippen LogP contribution in [0.1, 0.15) is 35.4 Å². The Balaban J connectivity index is 1.53. The summed E-state index contributed by atoms with van der Waals surface area (Å²) in [7, 11) is 0. The molecular weight excluding hydrogens is 417 g/mol. The van der Waals surface area contributed by atoms with Gasteiger partial charge in [0.2, 0.25) is 5.91 Å². The Morgan fingerprint density at radius 3 is 2.87 bits per heavy atom. The van der Waals surface area contributed by atoms with Crippen molar-refractivity contribution in [3.8, 4) is 11.3 Å². The summed E-state index contributed by atoms with van der Waals surface area (Å²) in [4.78, 5) is 21.9. The molecule has 1 N–H and O–H groups in total. The molecule has 0 bridgehead atoms. The van der Waals surface area contributed by atoms with Gasteiger partial charge < -0.3 is 5.32 Å². The van der Waals surface area contributed by atoms with E-state index in [4.69, 9.17) is 0 Å². The fourth-order valence-electron chi connectivity index (χ4n) is 3.21. The van der Waals surface area contributed by atoms with E-state index in [1.807, 2.05) is 24.4 Å². The van der Waals surface area contributed by atoms with Crippen molar-refractivity contribution in [1.29, 1.82) is 0 Å². The smallest absolute Gasteiger partial charge is 0.245 e. The lowest BCUT2D eigenvalue weighted by atomic mass is 10.0. The van der Waals surface area contributed by atoms with Crippen molar-refractivity contribution < 1.29 is 9.18 Å². The van der Waals surface area contributed by atoms with Crippen LogP contribution in [0.25, 0.3) is 11.3 Å². The van der Waals surface area contributed by atoms with Gasteiger partial charge in [0, 0.05) is 29.8 Å². The van der Waals surface area contributed by atoms with Gasteiger partial charge in [-0.1, -0.05) is 12.1 Å². The number of nitrogens with zero attached hydrogens (tertiary/aromatic N) is 6. The third kappa shape index (κ3) is 4.80. The lowest BCUT2D eigenvalue weighted by Gasteiger charge is -2.20. The minimum Gasteiger partial charge on any atom is -0.345 e. The highest BCUT2D eigenvalue weighted by Gasteiger charge is 2.26. The first-order chi connectivity index (χ1) is 15.0. The van der Waals surface area contributed by atoms with Crippen molar-refractivity contribution in [3.05, 3.63) is 76.4 Å². The number of carbonyl (C=O) groups is 1. The third-order valence-electron chi connectivity index (χ3n) is 4.78. The predicted octanol–water partition coefficient (Wildman–Crippen LogP) is 3.30. The average Bonchev–Trinajstić information content (AvgIpc) is 3.42. The number of rotatable bonds is 7. The molecule has 0 spiro atoms. The van der Waals surface area contributed by atoms with Crippen LogP contribution in [0.4, 0.5) is 4.39 Å². The highest BCUT2D eigenvalue weighted by molar-refractivity contribution is 7.10. The predicted molar refractivity (Wildman–Crippen MR) is 114 cm³/mol. The van der Waals surface area contributed by atoms with Crippen molar-refractivity contribution in [2.24, 2.45) is 0 Å². The molecule has 0 aliphatic rings. The molecule has 2 atom stereocenters. The molecule has 4 aromatic rings. The van der Waals surface area contributed by atoms with Crippen molar-refractivity contribution in [3.63, 3.8) is 0 Å². The van der Waals surface area contributed by atoms with Gasteiger partial charge in [-0.3, -0.25) is 9.78 Å². The van der Waals surface area contributed by atoms with E-state index in [9.17, 15) is 9.18 Å². The molecule has 0 fully saturated rings. The number of aromatic nitrogens is 6. The van der Waals surface area contributed by atoms with Gasteiger partial charge >= 0.3 is 0 Å². The van der Waals surface area contributed by atoms with E-state index in [-0.39, 0.29) is 24.2 Å². The Labute approximate surface area is 182 Å². The fraction of sp³-hybridized carbons (Fsp3) is 0.238. The average molecular weight is 438 g/mol. The number of tetrazole rings is 1. The number of aryl methyl sites for hydroxylation is 1. The summed E-state index contributed by atoms with van der Waals surface area (Å²) in [6.07, 6.45) is 3.71.